The molecule has 2 aromatic rings. The van der Waals surface area contributed by atoms with Crippen LogP contribution in [0.1, 0.15) is 23.5 Å². The Morgan fingerprint density at radius 3 is 2.41 bits per heavy atom. The largest absolute Gasteiger partial charge is 0.338 e. The molecule has 0 N–H and O–H groups in total. The highest BCUT2D eigenvalue weighted by molar-refractivity contribution is 5.79. The molecule has 2 heterocycles. The molecule has 1 fully saturated rings. The van der Waals surface area contributed by atoms with E-state index in [1.165, 1.54) is 0 Å². The minimum Gasteiger partial charge on any atom is -0.338 e. The lowest BCUT2D eigenvalue weighted by molar-refractivity contribution is -0.128. The van der Waals surface area contributed by atoms with Crippen LogP contribution in [0.5, 0.6) is 0 Å². The zero-order valence-electron chi connectivity index (χ0n) is 11.6. The zero-order valence-corrected chi connectivity index (χ0v) is 11.6. The monoisotopic (exact) mass is 306 g/mol. The summed E-state index contributed by atoms with van der Waals surface area (Å²) < 4.78 is 39.6. The number of aromatic nitrogens is 1. The Morgan fingerprint density at radius 1 is 1.14 bits per heavy atom. The number of amides is 1. The lowest BCUT2D eigenvalue weighted by atomic mass is 9.98. The van der Waals surface area contributed by atoms with E-state index in [-0.39, 0.29) is 18.2 Å². The molecule has 22 heavy (non-hydrogen) atoms. The maximum absolute atomic E-state index is 13.3. The lowest BCUT2D eigenvalue weighted by Gasteiger charge is -2.17. The summed E-state index contributed by atoms with van der Waals surface area (Å²) in [5.74, 6) is -4.36. The Hall–Kier alpha value is -2.37. The fourth-order valence-electron chi connectivity index (χ4n) is 2.67. The van der Waals surface area contributed by atoms with E-state index in [1.54, 1.807) is 29.4 Å². The van der Waals surface area contributed by atoms with Crippen molar-refractivity contribution >= 4 is 5.91 Å². The van der Waals surface area contributed by atoms with Gasteiger partial charge >= 0.3 is 0 Å². The summed E-state index contributed by atoms with van der Waals surface area (Å²) in [6.45, 7) is 0.773. The number of benzene rings is 1. The van der Waals surface area contributed by atoms with E-state index in [1.807, 2.05) is 0 Å². The average Bonchev–Trinajstić information content (AvgIpc) is 2.86. The second-order valence-electron chi connectivity index (χ2n) is 5.33. The van der Waals surface area contributed by atoms with E-state index in [4.69, 9.17) is 0 Å². The minimum atomic E-state index is -1.48. The average molecular weight is 306 g/mol. The number of nitrogens with zero attached hydrogens (tertiary/aromatic N) is 2. The van der Waals surface area contributed by atoms with Gasteiger partial charge in [0.15, 0.2) is 17.5 Å². The van der Waals surface area contributed by atoms with Crippen molar-refractivity contribution in [1.82, 2.24) is 9.88 Å². The number of halogens is 3. The molecule has 1 aromatic heterocycles. The van der Waals surface area contributed by atoms with Gasteiger partial charge in [0.25, 0.3) is 0 Å². The molecule has 1 amide bonds. The number of carbonyl (C=O) groups excluding carboxylic acids is 1. The number of hydrogen-bond acceptors (Lipinski definition) is 2. The van der Waals surface area contributed by atoms with Crippen LogP contribution in [-0.4, -0.2) is 22.3 Å². The Balaban J connectivity index is 1.77. The van der Waals surface area contributed by atoms with Crippen molar-refractivity contribution in [2.24, 2.45) is 0 Å². The van der Waals surface area contributed by atoms with Crippen molar-refractivity contribution in [3.05, 3.63) is 65.2 Å². The number of carbonyl (C=O) groups is 1. The van der Waals surface area contributed by atoms with Gasteiger partial charge in [-0.2, -0.15) is 0 Å². The van der Waals surface area contributed by atoms with E-state index in [0.717, 1.165) is 17.7 Å². The van der Waals surface area contributed by atoms with Crippen molar-refractivity contribution in [3.63, 3.8) is 0 Å². The van der Waals surface area contributed by atoms with Crippen molar-refractivity contribution in [2.75, 3.05) is 6.54 Å². The van der Waals surface area contributed by atoms with Crippen molar-refractivity contribution in [1.29, 1.82) is 0 Å². The van der Waals surface area contributed by atoms with Crippen molar-refractivity contribution < 1.29 is 18.0 Å². The van der Waals surface area contributed by atoms with Crippen LogP contribution >= 0.6 is 0 Å². The Kier molecular flexibility index (Phi) is 3.83. The van der Waals surface area contributed by atoms with Crippen LogP contribution in [0, 0.1) is 17.5 Å². The van der Waals surface area contributed by atoms with Gasteiger partial charge in [-0.15, -0.1) is 0 Å². The van der Waals surface area contributed by atoms with E-state index >= 15 is 0 Å². The maximum atomic E-state index is 13.3. The standard InChI is InChI=1S/C16H13F3N2O/c17-13-5-11(6-14(18)16(13)19)12-7-15(22)21(9-12)8-10-1-3-20-4-2-10/h1-6,12H,7-9H2. The molecule has 1 aromatic carbocycles. The third-order valence-electron chi connectivity index (χ3n) is 3.81. The number of pyridine rings is 1. The van der Waals surface area contributed by atoms with Crippen LogP contribution in [0.25, 0.3) is 0 Å². The fraction of sp³-hybridized carbons (Fsp3) is 0.250. The van der Waals surface area contributed by atoms with Gasteiger partial charge in [-0.25, -0.2) is 13.2 Å². The smallest absolute Gasteiger partial charge is 0.223 e. The number of rotatable bonds is 3. The van der Waals surface area contributed by atoms with Gasteiger partial charge < -0.3 is 4.90 Å². The third kappa shape index (κ3) is 2.81. The molecule has 0 radical (unpaired) electrons. The third-order valence-corrected chi connectivity index (χ3v) is 3.81. The van der Waals surface area contributed by atoms with E-state index in [2.05, 4.69) is 4.98 Å². The highest BCUT2D eigenvalue weighted by Gasteiger charge is 2.31. The van der Waals surface area contributed by atoms with Gasteiger partial charge in [-0.05, 0) is 35.4 Å². The molecule has 1 unspecified atom stereocenters. The first-order valence-corrected chi connectivity index (χ1v) is 6.85. The first kappa shape index (κ1) is 14.6. The SMILES string of the molecule is O=C1CC(c2cc(F)c(F)c(F)c2)CN1Cc1ccncc1. The summed E-state index contributed by atoms with van der Waals surface area (Å²) in [6, 6.07) is 5.54. The van der Waals surface area contributed by atoms with Gasteiger partial charge in [0.05, 0.1) is 0 Å². The van der Waals surface area contributed by atoms with Gasteiger partial charge in [0.2, 0.25) is 5.91 Å². The highest BCUT2D eigenvalue weighted by Crippen LogP contribution is 2.30. The molecule has 3 nitrogen and oxygen atoms in total. The van der Waals surface area contributed by atoms with Gasteiger partial charge in [-0.1, -0.05) is 0 Å². The van der Waals surface area contributed by atoms with E-state index in [0.29, 0.717) is 18.7 Å². The minimum absolute atomic E-state index is 0.0908. The molecule has 0 aliphatic carbocycles. The highest BCUT2D eigenvalue weighted by atomic mass is 19.2. The molecule has 114 valence electrons. The summed E-state index contributed by atoms with van der Waals surface area (Å²) in [4.78, 5) is 17.6. The molecule has 1 aliphatic rings. The molecule has 0 saturated carbocycles. The molecular weight excluding hydrogens is 293 g/mol. The molecule has 1 aliphatic heterocycles. The molecule has 1 atom stereocenters. The van der Waals surface area contributed by atoms with Crippen LogP contribution in [0.3, 0.4) is 0 Å². The first-order valence-electron chi connectivity index (χ1n) is 6.85. The summed E-state index contributed by atoms with van der Waals surface area (Å²) in [5.41, 5.74) is 1.24. The normalized spacial score (nSPS) is 18.0. The Morgan fingerprint density at radius 2 is 1.77 bits per heavy atom. The predicted molar refractivity (Wildman–Crippen MR) is 73.3 cm³/mol. The first-order chi connectivity index (χ1) is 10.5. The quantitative estimate of drug-likeness (QED) is 0.817. The summed E-state index contributed by atoms with van der Waals surface area (Å²) in [5, 5.41) is 0. The number of likely N-dealkylation sites (tertiary alicyclic amines) is 1. The summed E-state index contributed by atoms with van der Waals surface area (Å²) in [7, 11) is 0. The summed E-state index contributed by atoms with van der Waals surface area (Å²) >= 11 is 0. The van der Waals surface area contributed by atoms with Crippen molar-refractivity contribution in [2.45, 2.75) is 18.9 Å². The van der Waals surface area contributed by atoms with Crippen LogP contribution in [0.4, 0.5) is 13.2 Å². The van der Waals surface area contributed by atoms with Crippen LogP contribution < -0.4 is 0 Å². The fourth-order valence-corrected chi connectivity index (χ4v) is 2.67. The van der Waals surface area contributed by atoms with Crippen LogP contribution in [0.2, 0.25) is 0 Å². The van der Waals surface area contributed by atoms with Gasteiger partial charge in [-0.3, -0.25) is 9.78 Å². The molecule has 0 spiro atoms. The molecule has 6 heteroatoms. The second-order valence-corrected chi connectivity index (χ2v) is 5.33. The Labute approximate surface area is 125 Å². The lowest BCUT2D eigenvalue weighted by Crippen LogP contribution is -2.24. The number of hydrogen-bond donors (Lipinski definition) is 0. The molecular formula is C16H13F3N2O. The van der Waals surface area contributed by atoms with Crippen LogP contribution in [0.15, 0.2) is 36.7 Å². The van der Waals surface area contributed by atoms with Gasteiger partial charge in [0, 0.05) is 37.8 Å². The Bertz CT molecular complexity index is 683. The predicted octanol–water partition coefficient (Wildman–Crippen LogP) is 3.02. The zero-order chi connectivity index (χ0) is 15.7. The molecule has 3 rings (SSSR count). The maximum Gasteiger partial charge on any atom is 0.223 e. The molecule has 0 bridgehead atoms. The van der Waals surface area contributed by atoms with E-state index in [9.17, 15) is 18.0 Å². The van der Waals surface area contributed by atoms with E-state index < -0.39 is 17.5 Å². The second kappa shape index (κ2) is 5.79. The van der Waals surface area contributed by atoms with Gasteiger partial charge in [0.1, 0.15) is 0 Å². The van der Waals surface area contributed by atoms with Crippen molar-refractivity contribution in [3.8, 4) is 0 Å². The topological polar surface area (TPSA) is 33.2 Å². The summed E-state index contributed by atoms with van der Waals surface area (Å²) in [6.07, 6.45) is 3.44. The molecule has 1 saturated heterocycles. The van der Waals surface area contributed by atoms with Crippen LogP contribution in [-0.2, 0) is 11.3 Å².